The Morgan fingerprint density at radius 2 is 2.56 bits per heavy atom. The van der Waals surface area contributed by atoms with Crippen molar-refractivity contribution in [2.75, 3.05) is 25.2 Å². The van der Waals surface area contributed by atoms with Gasteiger partial charge in [-0.25, -0.2) is 0 Å². The van der Waals surface area contributed by atoms with Crippen molar-refractivity contribution in [2.24, 2.45) is 5.92 Å². The number of hydrogen-bond donors (Lipinski definition) is 0. The Balaban J connectivity index is 2.22. The maximum Gasteiger partial charge on any atom is 0.0499 e. The van der Waals surface area contributed by atoms with E-state index < -0.39 is 10.8 Å². The summed E-state index contributed by atoms with van der Waals surface area (Å²) in [5, 5.41) is 0. The molecule has 0 aliphatic carbocycles. The van der Waals surface area contributed by atoms with E-state index in [1.54, 1.807) is 7.11 Å². The minimum absolute atomic E-state index is 0.534. The lowest BCUT2D eigenvalue weighted by molar-refractivity contribution is 0.162. The quantitative estimate of drug-likeness (QED) is 0.566. The van der Waals surface area contributed by atoms with Crippen LogP contribution in [0.1, 0.15) is 6.42 Å². The highest BCUT2D eigenvalue weighted by molar-refractivity contribution is 7.85. The molecule has 9 heavy (non-hydrogen) atoms. The summed E-state index contributed by atoms with van der Waals surface area (Å²) >= 11 is 0. The molecule has 1 heterocycles. The molecule has 54 valence electrons. The molecule has 0 aromatic heterocycles. The minimum Gasteiger partial charge on any atom is -0.384 e. The van der Waals surface area contributed by atoms with Crippen molar-refractivity contribution in [3.8, 4) is 0 Å². The standard InChI is InChI=1S/C6H12O2S/c1-8-4-6-2-3-9(7)5-6/h6H,2-5H2,1H3. The van der Waals surface area contributed by atoms with Crippen molar-refractivity contribution in [2.45, 2.75) is 6.42 Å². The van der Waals surface area contributed by atoms with Gasteiger partial charge in [-0.2, -0.15) is 0 Å². The van der Waals surface area contributed by atoms with Gasteiger partial charge in [0.1, 0.15) is 0 Å². The van der Waals surface area contributed by atoms with Gasteiger partial charge in [0.05, 0.1) is 0 Å². The predicted octanol–water partition coefficient (Wildman–Crippen LogP) is 0.401. The molecule has 1 fully saturated rings. The monoisotopic (exact) mass is 148 g/mol. The van der Waals surface area contributed by atoms with Crippen LogP contribution in [0.25, 0.3) is 0 Å². The summed E-state index contributed by atoms with van der Waals surface area (Å²) in [5.74, 6) is 2.30. The van der Waals surface area contributed by atoms with E-state index in [4.69, 9.17) is 4.74 Å². The van der Waals surface area contributed by atoms with Gasteiger partial charge in [-0.15, -0.1) is 0 Å². The van der Waals surface area contributed by atoms with Crippen molar-refractivity contribution in [3.05, 3.63) is 0 Å². The van der Waals surface area contributed by atoms with E-state index in [9.17, 15) is 4.21 Å². The number of hydrogen-bond acceptors (Lipinski definition) is 2. The second-order valence-electron chi connectivity index (χ2n) is 2.42. The van der Waals surface area contributed by atoms with Crippen LogP contribution in [0.5, 0.6) is 0 Å². The Bertz CT molecular complexity index is 114. The van der Waals surface area contributed by atoms with E-state index in [-0.39, 0.29) is 0 Å². The summed E-state index contributed by atoms with van der Waals surface area (Å²) in [6.07, 6.45) is 1.08. The lowest BCUT2D eigenvalue weighted by Crippen LogP contribution is -2.07. The van der Waals surface area contributed by atoms with Crippen molar-refractivity contribution >= 4 is 10.8 Å². The molecule has 0 N–H and O–H groups in total. The Kier molecular flexibility index (Phi) is 2.66. The molecular weight excluding hydrogens is 136 g/mol. The van der Waals surface area contributed by atoms with Crippen molar-refractivity contribution in [3.63, 3.8) is 0 Å². The third-order valence-electron chi connectivity index (χ3n) is 1.58. The topological polar surface area (TPSA) is 26.3 Å². The van der Waals surface area contributed by atoms with Crippen LogP contribution in [0.3, 0.4) is 0 Å². The van der Waals surface area contributed by atoms with Gasteiger partial charge >= 0.3 is 0 Å². The van der Waals surface area contributed by atoms with E-state index in [2.05, 4.69) is 0 Å². The number of methoxy groups -OCH3 is 1. The van der Waals surface area contributed by atoms with Gasteiger partial charge in [0.25, 0.3) is 0 Å². The molecule has 0 bridgehead atoms. The van der Waals surface area contributed by atoms with Crippen molar-refractivity contribution in [1.29, 1.82) is 0 Å². The highest BCUT2D eigenvalue weighted by atomic mass is 32.2. The molecule has 1 rings (SSSR count). The fraction of sp³-hybridized carbons (Fsp3) is 1.00. The van der Waals surface area contributed by atoms with Crippen LogP contribution < -0.4 is 0 Å². The van der Waals surface area contributed by atoms with E-state index in [1.807, 2.05) is 0 Å². The third-order valence-corrected chi connectivity index (χ3v) is 3.11. The first kappa shape index (κ1) is 7.22. The normalized spacial score (nSPS) is 35.2. The highest BCUT2D eigenvalue weighted by Gasteiger charge is 2.20. The van der Waals surface area contributed by atoms with Crippen LogP contribution >= 0.6 is 0 Å². The lowest BCUT2D eigenvalue weighted by atomic mass is 10.1. The Morgan fingerprint density at radius 1 is 1.78 bits per heavy atom. The largest absolute Gasteiger partial charge is 0.384 e. The van der Waals surface area contributed by atoms with Crippen LogP contribution in [-0.2, 0) is 15.5 Å². The summed E-state index contributed by atoms with van der Waals surface area (Å²) in [6.45, 7) is 0.783. The van der Waals surface area contributed by atoms with Crippen molar-refractivity contribution < 1.29 is 8.95 Å². The molecule has 0 aromatic carbocycles. The molecule has 2 atom stereocenters. The van der Waals surface area contributed by atoms with E-state index >= 15 is 0 Å². The van der Waals surface area contributed by atoms with Crippen LogP contribution in [0.4, 0.5) is 0 Å². The summed E-state index contributed by atoms with van der Waals surface area (Å²) in [5.41, 5.74) is 0. The van der Waals surface area contributed by atoms with E-state index in [0.29, 0.717) is 5.92 Å². The molecular formula is C6H12O2S. The summed E-state index contributed by atoms with van der Waals surface area (Å²) < 4.78 is 15.7. The first-order valence-corrected chi connectivity index (χ1v) is 4.65. The fourth-order valence-electron chi connectivity index (χ4n) is 1.09. The zero-order valence-electron chi connectivity index (χ0n) is 5.63. The Labute approximate surface area is 58.0 Å². The summed E-state index contributed by atoms with van der Waals surface area (Å²) in [4.78, 5) is 0. The maximum absolute atomic E-state index is 10.8. The van der Waals surface area contributed by atoms with Gasteiger partial charge in [-0.05, 0) is 12.3 Å². The molecule has 0 aromatic rings. The molecule has 1 saturated heterocycles. The predicted molar refractivity (Wildman–Crippen MR) is 37.9 cm³/mol. The lowest BCUT2D eigenvalue weighted by Gasteiger charge is -2.02. The first-order valence-electron chi connectivity index (χ1n) is 3.17. The van der Waals surface area contributed by atoms with Gasteiger partial charge in [0.2, 0.25) is 0 Å². The van der Waals surface area contributed by atoms with Gasteiger partial charge in [-0.1, -0.05) is 0 Å². The Morgan fingerprint density at radius 3 is 3.00 bits per heavy atom. The van der Waals surface area contributed by atoms with Gasteiger partial charge in [-0.3, -0.25) is 4.21 Å². The molecule has 0 saturated carbocycles. The van der Waals surface area contributed by atoms with Crippen LogP contribution in [-0.4, -0.2) is 29.4 Å². The number of rotatable bonds is 2. The first-order chi connectivity index (χ1) is 4.33. The molecule has 1 aliphatic heterocycles. The SMILES string of the molecule is COCC1CCS(=O)C1. The van der Waals surface area contributed by atoms with Crippen LogP contribution in [0, 0.1) is 5.92 Å². The molecule has 0 radical (unpaired) electrons. The second kappa shape index (κ2) is 3.32. The second-order valence-corrected chi connectivity index (χ2v) is 4.04. The average molecular weight is 148 g/mol. The van der Waals surface area contributed by atoms with Crippen molar-refractivity contribution in [1.82, 2.24) is 0 Å². The molecule has 1 aliphatic rings. The maximum atomic E-state index is 10.8. The average Bonchev–Trinajstić information content (AvgIpc) is 2.17. The van der Waals surface area contributed by atoms with Gasteiger partial charge in [0.15, 0.2) is 0 Å². The highest BCUT2D eigenvalue weighted by Crippen LogP contribution is 2.14. The van der Waals surface area contributed by atoms with Gasteiger partial charge < -0.3 is 4.74 Å². The Hall–Kier alpha value is 0.110. The fourth-order valence-corrected chi connectivity index (χ4v) is 2.65. The molecule has 2 nitrogen and oxygen atoms in total. The van der Waals surface area contributed by atoms with Gasteiger partial charge in [0, 0.05) is 36.0 Å². The summed E-state index contributed by atoms with van der Waals surface area (Å²) in [6, 6.07) is 0. The summed E-state index contributed by atoms with van der Waals surface area (Å²) in [7, 11) is 1.16. The van der Waals surface area contributed by atoms with E-state index in [0.717, 1.165) is 24.5 Å². The third kappa shape index (κ3) is 2.06. The van der Waals surface area contributed by atoms with E-state index in [1.165, 1.54) is 0 Å². The zero-order chi connectivity index (χ0) is 6.69. The molecule has 0 amide bonds. The zero-order valence-corrected chi connectivity index (χ0v) is 6.45. The molecule has 2 unspecified atom stereocenters. The van der Waals surface area contributed by atoms with Crippen LogP contribution in [0.2, 0.25) is 0 Å². The molecule has 3 heteroatoms. The smallest absolute Gasteiger partial charge is 0.0499 e. The number of ether oxygens (including phenoxy) is 1. The molecule has 0 spiro atoms. The van der Waals surface area contributed by atoms with Crippen LogP contribution in [0.15, 0.2) is 0 Å². The minimum atomic E-state index is -0.534.